The second-order valence-electron chi connectivity index (χ2n) is 9.16. The van der Waals surface area contributed by atoms with Crippen molar-refractivity contribution in [3.8, 4) is 0 Å². The zero-order valence-electron chi connectivity index (χ0n) is 17.5. The van der Waals surface area contributed by atoms with Crippen molar-refractivity contribution in [2.45, 2.75) is 45.6 Å². The van der Waals surface area contributed by atoms with Gasteiger partial charge in [0.1, 0.15) is 0 Å². The molecule has 0 aromatic heterocycles. The van der Waals surface area contributed by atoms with Gasteiger partial charge in [0.15, 0.2) is 0 Å². The summed E-state index contributed by atoms with van der Waals surface area (Å²) in [6.07, 6.45) is 5.11. The predicted octanol–water partition coefficient (Wildman–Crippen LogP) is 3.03. The third kappa shape index (κ3) is 7.53. The van der Waals surface area contributed by atoms with E-state index in [0.717, 1.165) is 39.4 Å². The minimum Gasteiger partial charge on any atom is -0.379 e. The maximum Gasteiger partial charge on any atom is 0.0594 e. The Morgan fingerprint density at radius 1 is 1.07 bits per heavy atom. The topological polar surface area (TPSA) is 27.7 Å². The summed E-state index contributed by atoms with van der Waals surface area (Å²) in [5.41, 5.74) is 1.78. The van der Waals surface area contributed by atoms with Crippen LogP contribution in [-0.4, -0.2) is 74.9 Å². The molecule has 152 valence electrons. The number of likely N-dealkylation sites (tertiary alicyclic amines) is 1. The summed E-state index contributed by atoms with van der Waals surface area (Å²) >= 11 is 0. The van der Waals surface area contributed by atoms with Gasteiger partial charge in [0.25, 0.3) is 0 Å². The molecule has 0 saturated carbocycles. The molecule has 27 heavy (non-hydrogen) atoms. The molecule has 1 atom stereocenters. The minimum atomic E-state index is 0.312. The Balaban J connectivity index is 1.35. The standard InChI is InChI=1S/C23H39N3O/c1-23(2,20-26-14-16-27-17-15-26)19-24-22-11-7-13-25(18-22)12-6-10-21-8-4-3-5-9-21/h3-5,8-9,22,24H,6-7,10-20H2,1-2H3. The van der Waals surface area contributed by atoms with E-state index in [1.165, 1.54) is 50.9 Å². The lowest BCUT2D eigenvalue weighted by atomic mass is 9.91. The summed E-state index contributed by atoms with van der Waals surface area (Å²) in [6.45, 7) is 14.7. The van der Waals surface area contributed by atoms with Crippen molar-refractivity contribution in [3.05, 3.63) is 35.9 Å². The predicted molar refractivity (Wildman–Crippen MR) is 113 cm³/mol. The van der Waals surface area contributed by atoms with Gasteiger partial charge in [-0.1, -0.05) is 44.2 Å². The first kappa shape index (κ1) is 20.8. The van der Waals surface area contributed by atoms with Crippen LogP contribution in [0.5, 0.6) is 0 Å². The molecular formula is C23H39N3O. The number of aryl methyl sites for hydroxylation is 1. The molecule has 0 amide bonds. The third-order valence-electron chi connectivity index (χ3n) is 5.91. The average molecular weight is 374 g/mol. The summed E-state index contributed by atoms with van der Waals surface area (Å²) in [6, 6.07) is 11.5. The van der Waals surface area contributed by atoms with Gasteiger partial charge in [0.2, 0.25) is 0 Å². The Bertz CT molecular complexity index is 528. The smallest absolute Gasteiger partial charge is 0.0594 e. The largest absolute Gasteiger partial charge is 0.379 e. The molecule has 4 heteroatoms. The van der Waals surface area contributed by atoms with Crippen molar-refractivity contribution in [3.63, 3.8) is 0 Å². The molecule has 1 aromatic rings. The first-order valence-corrected chi connectivity index (χ1v) is 10.9. The Kier molecular flexibility index (Phi) is 8.13. The number of nitrogens with one attached hydrogen (secondary N) is 1. The number of rotatable bonds is 9. The fraction of sp³-hybridized carbons (Fsp3) is 0.739. The van der Waals surface area contributed by atoms with Crippen molar-refractivity contribution in [2.24, 2.45) is 5.41 Å². The van der Waals surface area contributed by atoms with Gasteiger partial charge in [-0.25, -0.2) is 0 Å². The molecule has 0 spiro atoms. The molecule has 2 heterocycles. The van der Waals surface area contributed by atoms with E-state index in [1.807, 2.05) is 0 Å². The summed E-state index contributed by atoms with van der Waals surface area (Å²) in [5.74, 6) is 0. The Morgan fingerprint density at radius 3 is 2.63 bits per heavy atom. The van der Waals surface area contributed by atoms with E-state index in [0.29, 0.717) is 11.5 Å². The zero-order valence-corrected chi connectivity index (χ0v) is 17.5. The number of benzene rings is 1. The lowest BCUT2D eigenvalue weighted by Gasteiger charge is -2.38. The lowest BCUT2D eigenvalue weighted by Crippen LogP contribution is -2.50. The fourth-order valence-corrected chi connectivity index (χ4v) is 4.42. The molecule has 2 aliphatic rings. The number of morpholine rings is 1. The van der Waals surface area contributed by atoms with Crippen LogP contribution in [0.4, 0.5) is 0 Å². The molecule has 0 aliphatic carbocycles. The van der Waals surface area contributed by atoms with E-state index in [-0.39, 0.29) is 0 Å². The minimum absolute atomic E-state index is 0.312. The van der Waals surface area contributed by atoms with Crippen LogP contribution in [0.15, 0.2) is 30.3 Å². The van der Waals surface area contributed by atoms with Crippen LogP contribution < -0.4 is 5.32 Å². The van der Waals surface area contributed by atoms with E-state index in [9.17, 15) is 0 Å². The van der Waals surface area contributed by atoms with Crippen molar-refractivity contribution < 1.29 is 4.74 Å². The lowest BCUT2D eigenvalue weighted by molar-refractivity contribution is 0.0205. The first-order valence-electron chi connectivity index (χ1n) is 10.9. The summed E-state index contributed by atoms with van der Waals surface area (Å²) in [7, 11) is 0. The maximum atomic E-state index is 5.48. The molecule has 4 nitrogen and oxygen atoms in total. The van der Waals surface area contributed by atoms with E-state index < -0.39 is 0 Å². The monoisotopic (exact) mass is 373 g/mol. The van der Waals surface area contributed by atoms with E-state index in [1.54, 1.807) is 0 Å². The highest BCUT2D eigenvalue weighted by molar-refractivity contribution is 5.14. The van der Waals surface area contributed by atoms with Crippen LogP contribution in [0.3, 0.4) is 0 Å². The van der Waals surface area contributed by atoms with Gasteiger partial charge < -0.3 is 15.0 Å². The van der Waals surface area contributed by atoms with Gasteiger partial charge in [-0.15, -0.1) is 0 Å². The molecule has 3 rings (SSSR count). The highest BCUT2D eigenvalue weighted by Crippen LogP contribution is 2.19. The van der Waals surface area contributed by atoms with E-state index in [4.69, 9.17) is 4.74 Å². The molecule has 2 fully saturated rings. The van der Waals surface area contributed by atoms with Gasteiger partial charge in [0, 0.05) is 38.8 Å². The van der Waals surface area contributed by atoms with Crippen molar-refractivity contribution in [1.29, 1.82) is 0 Å². The summed E-state index contributed by atoms with van der Waals surface area (Å²) in [4.78, 5) is 5.22. The number of hydrogen-bond donors (Lipinski definition) is 1. The molecule has 2 saturated heterocycles. The Hall–Kier alpha value is -0.940. The van der Waals surface area contributed by atoms with Crippen LogP contribution in [0.25, 0.3) is 0 Å². The molecule has 1 aromatic carbocycles. The fourth-order valence-electron chi connectivity index (χ4n) is 4.42. The van der Waals surface area contributed by atoms with E-state index >= 15 is 0 Å². The number of ether oxygens (including phenoxy) is 1. The quantitative estimate of drug-likeness (QED) is 0.720. The Morgan fingerprint density at radius 2 is 1.85 bits per heavy atom. The molecule has 2 aliphatic heterocycles. The summed E-state index contributed by atoms with van der Waals surface area (Å²) < 4.78 is 5.48. The highest BCUT2D eigenvalue weighted by Gasteiger charge is 2.26. The Labute approximate surface area is 166 Å². The first-order chi connectivity index (χ1) is 13.1. The van der Waals surface area contributed by atoms with Crippen LogP contribution in [-0.2, 0) is 11.2 Å². The van der Waals surface area contributed by atoms with Crippen LogP contribution in [0.1, 0.15) is 38.7 Å². The number of hydrogen-bond acceptors (Lipinski definition) is 4. The van der Waals surface area contributed by atoms with Gasteiger partial charge in [-0.2, -0.15) is 0 Å². The van der Waals surface area contributed by atoms with E-state index in [2.05, 4.69) is 59.3 Å². The molecular weight excluding hydrogens is 334 g/mol. The van der Waals surface area contributed by atoms with Gasteiger partial charge >= 0.3 is 0 Å². The molecule has 0 bridgehead atoms. The van der Waals surface area contributed by atoms with Gasteiger partial charge in [-0.05, 0) is 49.8 Å². The van der Waals surface area contributed by atoms with Gasteiger partial charge in [0.05, 0.1) is 13.2 Å². The number of nitrogens with zero attached hydrogens (tertiary/aromatic N) is 2. The molecule has 1 unspecified atom stereocenters. The average Bonchev–Trinajstić information content (AvgIpc) is 2.68. The molecule has 1 N–H and O–H groups in total. The van der Waals surface area contributed by atoms with Crippen LogP contribution >= 0.6 is 0 Å². The second-order valence-corrected chi connectivity index (χ2v) is 9.16. The third-order valence-corrected chi connectivity index (χ3v) is 5.91. The molecule has 0 radical (unpaired) electrons. The highest BCUT2D eigenvalue weighted by atomic mass is 16.5. The second kappa shape index (κ2) is 10.6. The van der Waals surface area contributed by atoms with Crippen molar-refractivity contribution in [1.82, 2.24) is 15.1 Å². The SMILES string of the molecule is CC(C)(CNC1CCCN(CCCc2ccccc2)C1)CN1CCOCC1. The summed E-state index contributed by atoms with van der Waals surface area (Å²) in [5, 5.41) is 3.89. The normalized spacial score (nSPS) is 22.8. The van der Waals surface area contributed by atoms with Crippen molar-refractivity contribution >= 4 is 0 Å². The van der Waals surface area contributed by atoms with Crippen LogP contribution in [0.2, 0.25) is 0 Å². The number of piperidine rings is 1. The van der Waals surface area contributed by atoms with Gasteiger partial charge in [-0.3, -0.25) is 4.90 Å². The zero-order chi connectivity index (χ0) is 19.0. The van der Waals surface area contributed by atoms with Crippen molar-refractivity contribution in [2.75, 3.05) is 59.0 Å². The van der Waals surface area contributed by atoms with Crippen LogP contribution in [0, 0.1) is 5.41 Å². The maximum absolute atomic E-state index is 5.48.